The average molecular weight is 271 g/mol. The lowest BCUT2D eigenvalue weighted by molar-refractivity contribution is -0.112. The normalized spacial score (nSPS) is 10.2. The van der Waals surface area contributed by atoms with Crippen molar-refractivity contribution in [1.82, 2.24) is 0 Å². The second-order valence-corrected chi connectivity index (χ2v) is 4.56. The molecule has 0 radical (unpaired) electrons. The Labute approximate surface area is 116 Å². The van der Waals surface area contributed by atoms with Crippen molar-refractivity contribution in [2.24, 2.45) is 0 Å². The summed E-state index contributed by atoms with van der Waals surface area (Å²) in [5, 5.41) is 2.28. The minimum Gasteiger partial charge on any atom is -0.317 e. The van der Waals surface area contributed by atoms with E-state index in [4.69, 9.17) is 0 Å². The number of benzene rings is 2. The van der Waals surface area contributed by atoms with Crippen LogP contribution in [0.4, 0.5) is 10.1 Å². The first-order chi connectivity index (χ1) is 9.49. The van der Waals surface area contributed by atoms with Crippen LogP contribution in [-0.4, -0.2) is 11.7 Å². The summed E-state index contributed by atoms with van der Waals surface area (Å²) in [4.78, 5) is 23.8. The van der Waals surface area contributed by atoms with Gasteiger partial charge in [0.2, 0.25) is 0 Å². The molecule has 0 heterocycles. The van der Waals surface area contributed by atoms with E-state index in [1.165, 1.54) is 18.2 Å². The summed E-state index contributed by atoms with van der Waals surface area (Å²) < 4.78 is 13.4. The summed E-state index contributed by atoms with van der Waals surface area (Å²) in [5.74, 6) is -2.11. The van der Waals surface area contributed by atoms with Crippen molar-refractivity contribution < 1.29 is 14.0 Å². The number of ketones is 1. The van der Waals surface area contributed by atoms with E-state index in [1.807, 2.05) is 13.8 Å². The summed E-state index contributed by atoms with van der Waals surface area (Å²) in [6, 6.07) is 10.7. The van der Waals surface area contributed by atoms with Gasteiger partial charge in [0.1, 0.15) is 5.82 Å². The van der Waals surface area contributed by atoms with Crippen molar-refractivity contribution in [2.75, 3.05) is 5.32 Å². The highest BCUT2D eigenvalue weighted by Gasteiger charge is 2.17. The van der Waals surface area contributed by atoms with Crippen molar-refractivity contribution in [3.05, 3.63) is 65.0 Å². The van der Waals surface area contributed by atoms with Crippen molar-refractivity contribution in [3.8, 4) is 0 Å². The fraction of sp³-hybridized carbons (Fsp3) is 0.125. The van der Waals surface area contributed by atoms with E-state index in [1.54, 1.807) is 24.3 Å². The number of carbonyl (C=O) groups excluding carboxylic acids is 2. The van der Waals surface area contributed by atoms with Crippen LogP contribution < -0.4 is 5.32 Å². The summed E-state index contributed by atoms with van der Waals surface area (Å²) in [5.41, 5.74) is 2.25. The fourth-order valence-electron chi connectivity index (χ4n) is 1.76. The Bertz CT molecular complexity index is 680. The standard InChI is InChI=1S/C16H14FNO2/c1-10-7-8-12(9-11(10)2)15(19)16(20)18-14-6-4-3-5-13(14)17/h3-9H,1-2H3,(H,18,20). The Morgan fingerprint density at radius 2 is 1.70 bits per heavy atom. The SMILES string of the molecule is Cc1ccc(C(=O)C(=O)Nc2ccccc2F)cc1C. The lowest BCUT2D eigenvalue weighted by Crippen LogP contribution is -2.23. The van der Waals surface area contributed by atoms with Gasteiger partial charge in [-0.3, -0.25) is 9.59 Å². The molecule has 3 nitrogen and oxygen atoms in total. The predicted molar refractivity (Wildman–Crippen MR) is 75.3 cm³/mol. The molecule has 0 fully saturated rings. The van der Waals surface area contributed by atoms with Gasteiger partial charge in [-0.25, -0.2) is 4.39 Å². The van der Waals surface area contributed by atoms with Gasteiger partial charge in [-0.15, -0.1) is 0 Å². The van der Waals surface area contributed by atoms with Gasteiger partial charge in [-0.1, -0.05) is 24.3 Å². The minimum absolute atomic E-state index is 0.00492. The molecule has 0 unspecified atom stereocenters. The van der Waals surface area contributed by atoms with Gasteiger partial charge in [-0.2, -0.15) is 0 Å². The Kier molecular flexibility index (Phi) is 3.94. The van der Waals surface area contributed by atoms with Crippen LogP contribution >= 0.6 is 0 Å². The maximum absolute atomic E-state index is 13.4. The maximum atomic E-state index is 13.4. The first-order valence-corrected chi connectivity index (χ1v) is 6.16. The first kappa shape index (κ1) is 13.9. The van der Waals surface area contributed by atoms with Gasteiger partial charge in [0.15, 0.2) is 0 Å². The molecular weight excluding hydrogens is 257 g/mol. The third kappa shape index (κ3) is 2.91. The van der Waals surface area contributed by atoms with Crippen molar-refractivity contribution in [2.45, 2.75) is 13.8 Å². The molecule has 2 aromatic carbocycles. The van der Waals surface area contributed by atoms with E-state index < -0.39 is 17.5 Å². The van der Waals surface area contributed by atoms with Gasteiger partial charge in [0.05, 0.1) is 5.69 Å². The molecule has 1 N–H and O–H groups in total. The molecule has 0 aliphatic heterocycles. The highest BCUT2D eigenvalue weighted by atomic mass is 19.1. The first-order valence-electron chi connectivity index (χ1n) is 6.16. The molecule has 20 heavy (non-hydrogen) atoms. The van der Waals surface area contributed by atoms with Crippen LogP contribution in [0.25, 0.3) is 0 Å². The number of aryl methyl sites for hydroxylation is 2. The number of nitrogens with one attached hydrogen (secondary N) is 1. The van der Waals surface area contributed by atoms with Crippen LogP contribution in [0, 0.1) is 19.7 Å². The molecule has 0 saturated carbocycles. The molecule has 0 atom stereocenters. The number of carbonyl (C=O) groups is 2. The van der Waals surface area contributed by atoms with E-state index in [-0.39, 0.29) is 5.69 Å². The summed E-state index contributed by atoms with van der Waals surface area (Å²) in [7, 11) is 0. The summed E-state index contributed by atoms with van der Waals surface area (Å²) in [6.45, 7) is 3.78. The van der Waals surface area contributed by atoms with Crippen LogP contribution in [0.1, 0.15) is 21.5 Å². The van der Waals surface area contributed by atoms with Gasteiger partial charge >= 0.3 is 0 Å². The smallest absolute Gasteiger partial charge is 0.296 e. The van der Waals surface area contributed by atoms with Crippen molar-refractivity contribution in [3.63, 3.8) is 0 Å². The number of anilines is 1. The zero-order chi connectivity index (χ0) is 14.7. The van der Waals surface area contributed by atoms with Gasteiger partial charge in [-0.05, 0) is 43.2 Å². The monoisotopic (exact) mass is 271 g/mol. The molecule has 0 aliphatic carbocycles. The molecule has 0 bridgehead atoms. The summed E-state index contributed by atoms with van der Waals surface area (Å²) in [6.07, 6.45) is 0. The number of para-hydroxylation sites is 1. The van der Waals surface area contributed by atoms with Crippen LogP contribution in [0.5, 0.6) is 0 Å². The van der Waals surface area contributed by atoms with Crippen LogP contribution in [0.3, 0.4) is 0 Å². The van der Waals surface area contributed by atoms with Crippen LogP contribution in [0.15, 0.2) is 42.5 Å². The van der Waals surface area contributed by atoms with Crippen LogP contribution in [-0.2, 0) is 4.79 Å². The molecule has 102 valence electrons. The Balaban J connectivity index is 2.19. The highest BCUT2D eigenvalue weighted by Crippen LogP contribution is 2.14. The third-order valence-electron chi connectivity index (χ3n) is 3.10. The largest absolute Gasteiger partial charge is 0.317 e. The topological polar surface area (TPSA) is 46.2 Å². The number of hydrogen-bond acceptors (Lipinski definition) is 2. The van der Waals surface area contributed by atoms with Crippen molar-refractivity contribution in [1.29, 1.82) is 0 Å². The molecule has 0 aliphatic rings. The van der Waals surface area contributed by atoms with E-state index in [0.29, 0.717) is 5.56 Å². The predicted octanol–water partition coefficient (Wildman–Crippen LogP) is 3.26. The number of hydrogen-bond donors (Lipinski definition) is 1. The molecule has 4 heteroatoms. The minimum atomic E-state index is -0.849. The quantitative estimate of drug-likeness (QED) is 0.688. The highest BCUT2D eigenvalue weighted by molar-refractivity contribution is 6.46. The third-order valence-corrected chi connectivity index (χ3v) is 3.10. The molecule has 2 aromatic rings. The lowest BCUT2D eigenvalue weighted by Gasteiger charge is -2.07. The molecule has 2 rings (SSSR count). The van der Waals surface area contributed by atoms with Gasteiger partial charge < -0.3 is 5.32 Å². The molecule has 0 saturated heterocycles. The number of Topliss-reactive ketones (excluding diaryl/α,β-unsaturated/α-hetero) is 1. The van der Waals surface area contributed by atoms with Gasteiger partial charge in [0.25, 0.3) is 11.7 Å². The second-order valence-electron chi connectivity index (χ2n) is 4.56. The van der Waals surface area contributed by atoms with Crippen molar-refractivity contribution >= 4 is 17.4 Å². The number of halogens is 1. The van der Waals surface area contributed by atoms with E-state index in [2.05, 4.69) is 5.32 Å². The molecule has 0 aromatic heterocycles. The average Bonchev–Trinajstić information content (AvgIpc) is 2.43. The molecular formula is C16H14FNO2. The van der Waals surface area contributed by atoms with E-state index >= 15 is 0 Å². The zero-order valence-electron chi connectivity index (χ0n) is 11.2. The molecule has 1 amide bonds. The fourth-order valence-corrected chi connectivity index (χ4v) is 1.76. The lowest BCUT2D eigenvalue weighted by atomic mass is 10.0. The number of rotatable bonds is 3. The van der Waals surface area contributed by atoms with E-state index in [9.17, 15) is 14.0 Å². The summed E-state index contributed by atoms with van der Waals surface area (Å²) >= 11 is 0. The zero-order valence-corrected chi connectivity index (χ0v) is 11.2. The Morgan fingerprint density at radius 1 is 1.00 bits per heavy atom. The van der Waals surface area contributed by atoms with E-state index in [0.717, 1.165) is 11.1 Å². The number of amides is 1. The Hall–Kier alpha value is -2.49. The van der Waals surface area contributed by atoms with Crippen LogP contribution in [0.2, 0.25) is 0 Å². The van der Waals surface area contributed by atoms with Gasteiger partial charge in [0, 0.05) is 5.56 Å². The Morgan fingerprint density at radius 3 is 2.35 bits per heavy atom. The molecule has 0 spiro atoms. The maximum Gasteiger partial charge on any atom is 0.296 e. The second kappa shape index (κ2) is 5.65.